The van der Waals surface area contributed by atoms with E-state index < -0.39 is 0 Å². The van der Waals surface area contributed by atoms with Crippen molar-refractivity contribution in [2.75, 3.05) is 5.32 Å². The lowest BCUT2D eigenvalue weighted by molar-refractivity contribution is -0.116. The van der Waals surface area contributed by atoms with Gasteiger partial charge in [0.2, 0.25) is 5.91 Å². The fourth-order valence-electron chi connectivity index (χ4n) is 4.21. The van der Waals surface area contributed by atoms with Gasteiger partial charge >= 0.3 is 0 Å². The summed E-state index contributed by atoms with van der Waals surface area (Å²) in [5, 5.41) is 7.73. The van der Waals surface area contributed by atoms with Crippen LogP contribution in [0.25, 0.3) is 22.4 Å². The van der Waals surface area contributed by atoms with Gasteiger partial charge in [-0.2, -0.15) is 5.10 Å². The van der Waals surface area contributed by atoms with E-state index in [-0.39, 0.29) is 11.7 Å². The van der Waals surface area contributed by atoms with E-state index in [4.69, 9.17) is 5.10 Å². The predicted molar refractivity (Wildman–Crippen MR) is 123 cm³/mol. The molecule has 1 aliphatic heterocycles. The molecule has 1 amide bonds. The molecule has 32 heavy (non-hydrogen) atoms. The Balaban J connectivity index is 1.41. The fraction of sp³-hybridized carbons (Fsp3) is 0.192. The molecule has 3 heterocycles. The normalized spacial score (nSPS) is 12.5. The number of pyridine rings is 1. The third kappa shape index (κ3) is 4.17. The Bertz CT molecular complexity index is 1250. The number of anilines is 1. The molecule has 0 saturated carbocycles. The molecule has 0 fully saturated rings. The Hall–Kier alpha value is -3.80. The van der Waals surface area contributed by atoms with Crippen molar-refractivity contribution >= 4 is 11.7 Å². The van der Waals surface area contributed by atoms with Crippen LogP contribution < -0.4 is 5.32 Å². The number of nitrogens with zero attached hydrogens (tertiary/aromatic N) is 3. The summed E-state index contributed by atoms with van der Waals surface area (Å²) in [5.74, 6) is 0.174. The summed E-state index contributed by atoms with van der Waals surface area (Å²) in [6.45, 7) is 0.873. The number of rotatable bonds is 6. The van der Waals surface area contributed by atoms with E-state index >= 15 is 0 Å². The maximum Gasteiger partial charge on any atom is 0.225 e. The van der Waals surface area contributed by atoms with E-state index in [1.165, 1.54) is 12.1 Å². The largest absolute Gasteiger partial charge is 0.311 e. The number of hydrogen-bond acceptors (Lipinski definition) is 3. The molecular weight excluding hydrogens is 403 g/mol. The quantitative estimate of drug-likeness (QED) is 0.457. The van der Waals surface area contributed by atoms with E-state index in [1.807, 2.05) is 47.1 Å². The van der Waals surface area contributed by atoms with Crippen molar-refractivity contribution in [1.82, 2.24) is 14.8 Å². The predicted octanol–water partition coefficient (Wildman–Crippen LogP) is 5.27. The standard InChI is InChI=1S/C26H23FN4O/c27-21-11-9-19(10-12-21)26-25(22-7-4-16-31(22)30-26)20-14-15-28-23(17-20)29-24(32)13-8-18-5-2-1-3-6-18/h1-3,5-6,9-12,14-15,17H,4,7-8,13,16H2,(H,28,29,32). The topological polar surface area (TPSA) is 59.8 Å². The highest BCUT2D eigenvalue weighted by Crippen LogP contribution is 2.38. The number of halogens is 1. The molecule has 6 heteroatoms. The van der Waals surface area contributed by atoms with Crippen molar-refractivity contribution in [3.63, 3.8) is 0 Å². The first-order valence-corrected chi connectivity index (χ1v) is 10.8. The molecule has 1 N–H and O–H groups in total. The highest BCUT2D eigenvalue weighted by atomic mass is 19.1. The Morgan fingerprint density at radius 2 is 1.84 bits per heavy atom. The van der Waals surface area contributed by atoms with Crippen molar-refractivity contribution in [3.8, 4) is 22.4 Å². The Morgan fingerprint density at radius 1 is 1.03 bits per heavy atom. The van der Waals surface area contributed by atoms with Gasteiger partial charge in [-0.05, 0) is 66.8 Å². The monoisotopic (exact) mass is 426 g/mol. The van der Waals surface area contributed by atoms with Gasteiger partial charge < -0.3 is 5.32 Å². The average molecular weight is 426 g/mol. The number of carbonyl (C=O) groups excluding carboxylic acids is 1. The molecule has 2 aromatic heterocycles. The number of carbonyl (C=O) groups is 1. The lowest BCUT2D eigenvalue weighted by atomic mass is 9.98. The van der Waals surface area contributed by atoms with E-state index in [0.29, 0.717) is 18.7 Å². The minimum Gasteiger partial charge on any atom is -0.311 e. The molecule has 5 nitrogen and oxygen atoms in total. The van der Waals surface area contributed by atoms with Gasteiger partial charge in [0.1, 0.15) is 17.3 Å². The average Bonchev–Trinajstić information content (AvgIpc) is 3.40. The molecule has 0 aliphatic carbocycles. The second-order valence-electron chi connectivity index (χ2n) is 7.97. The van der Waals surface area contributed by atoms with Gasteiger partial charge in [-0.3, -0.25) is 9.48 Å². The summed E-state index contributed by atoms with van der Waals surface area (Å²) < 4.78 is 15.5. The maximum absolute atomic E-state index is 13.5. The zero-order chi connectivity index (χ0) is 21.9. The number of aryl methyl sites for hydroxylation is 2. The van der Waals surface area contributed by atoms with Gasteiger partial charge in [-0.1, -0.05) is 30.3 Å². The van der Waals surface area contributed by atoms with E-state index in [0.717, 1.165) is 53.0 Å². The second-order valence-corrected chi connectivity index (χ2v) is 7.97. The van der Waals surface area contributed by atoms with Gasteiger partial charge in [0, 0.05) is 36.0 Å². The minimum atomic E-state index is -0.272. The van der Waals surface area contributed by atoms with Crippen LogP contribution in [0.3, 0.4) is 0 Å². The molecule has 1 aliphatic rings. The second kappa shape index (κ2) is 8.75. The summed E-state index contributed by atoms with van der Waals surface area (Å²) in [4.78, 5) is 16.8. The molecule has 5 rings (SSSR count). The summed E-state index contributed by atoms with van der Waals surface area (Å²) in [6, 6.07) is 20.2. The minimum absolute atomic E-state index is 0.0718. The SMILES string of the molecule is O=C(CCc1ccccc1)Nc1cc(-c2c(-c3ccc(F)cc3)nn3c2CCC3)ccn1. The smallest absolute Gasteiger partial charge is 0.225 e. The maximum atomic E-state index is 13.5. The molecule has 0 unspecified atom stereocenters. The third-order valence-electron chi connectivity index (χ3n) is 5.76. The van der Waals surface area contributed by atoms with Gasteiger partial charge in [-0.25, -0.2) is 9.37 Å². The lowest BCUT2D eigenvalue weighted by Gasteiger charge is -2.09. The molecule has 0 atom stereocenters. The summed E-state index contributed by atoms with van der Waals surface area (Å²) in [7, 11) is 0. The number of amides is 1. The Kier molecular flexibility index (Phi) is 5.50. The molecule has 0 bridgehead atoms. The van der Waals surface area contributed by atoms with Crippen molar-refractivity contribution < 1.29 is 9.18 Å². The van der Waals surface area contributed by atoms with Crippen LogP contribution in [0.1, 0.15) is 24.1 Å². The summed E-state index contributed by atoms with van der Waals surface area (Å²) in [6.07, 6.45) is 4.76. The number of benzene rings is 2. The number of hydrogen-bond donors (Lipinski definition) is 1. The fourth-order valence-corrected chi connectivity index (χ4v) is 4.21. The van der Waals surface area contributed by atoms with Crippen LogP contribution >= 0.6 is 0 Å². The molecule has 160 valence electrons. The zero-order valence-corrected chi connectivity index (χ0v) is 17.6. The van der Waals surface area contributed by atoms with Crippen LogP contribution in [-0.4, -0.2) is 20.7 Å². The number of nitrogens with one attached hydrogen (secondary N) is 1. The van der Waals surface area contributed by atoms with Crippen LogP contribution in [0.4, 0.5) is 10.2 Å². The van der Waals surface area contributed by atoms with Crippen LogP contribution in [0.5, 0.6) is 0 Å². The molecule has 0 spiro atoms. The highest BCUT2D eigenvalue weighted by molar-refractivity contribution is 5.91. The van der Waals surface area contributed by atoms with Crippen LogP contribution in [0.2, 0.25) is 0 Å². The third-order valence-corrected chi connectivity index (χ3v) is 5.76. The van der Waals surface area contributed by atoms with Crippen molar-refractivity contribution in [1.29, 1.82) is 0 Å². The first-order valence-electron chi connectivity index (χ1n) is 10.8. The van der Waals surface area contributed by atoms with Crippen LogP contribution in [-0.2, 0) is 24.2 Å². The highest BCUT2D eigenvalue weighted by Gasteiger charge is 2.24. The van der Waals surface area contributed by atoms with E-state index in [1.54, 1.807) is 18.3 Å². The molecular formula is C26H23FN4O. The van der Waals surface area contributed by atoms with Gasteiger partial charge in [0.25, 0.3) is 0 Å². The van der Waals surface area contributed by atoms with Gasteiger partial charge in [0.05, 0.1) is 0 Å². The first kappa shape index (κ1) is 20.1. The van der Waals surface area contributed by atoms with Gasteiger partial charge in [-0.15, -0.1) is 0 Å². The van der Waals surface area contributed by atoms with E-state index in [2.05, 4.69) is 10.3 Å². The number of fused-ring (bicyclic) bond motifs is 1. The molecule has 2 aromatic carbocycles. The van der Waals surface area contributed by atoms with E-state index in [9.17, 15) is 9.18 Å². The zero-order valence-electron chi connectivity index (χ0n) is 17.6. The summed E-state index contributed by atoms with van der Waals surface area (Å²) >= 11 is 0. The van der Waals surface area contributed by atoms with Gasteiger partial charge in [0.15, 0.2) is 0 Å². The van der Waals surface area contributed by atoms with Crippen molar-refractivity contribution in [2.45, 2.75) is 32.2 Å². The Morgan fingerprint density at radius 3 is 2.66 bits per heavy atom. The first-order chi connectivity index (χ1) is 15.7. The van der Waals surface area contributed by atoms with Crippen LogP contribution in [0, 0.1) is 5.82 Å². The van der Waals surface area contributed by atoms with Crippen molar-refractivity contribution in [2.24, 2.45) is 0 Å². The Labute approximate surface area is 185 Å². The molecule has 0 saturated heterocycles. The van der Waals surface area contributed by atoms with Crippen molar-refractivity contribution in [3.05, 3.63) is 90.0 Å². The molecule has 0 radical (unpaired) electrons. The van der Waals surface area contributed by atoms with Crippen LogP contribution in [0.15, 0.2) is 72.9 Å². The molecule has 4 aromatic rings. The lowest BCUT2D eigenvalue weighted by Crippen LogP contribution is -2.13. The summed E-state index contributed by atoms with van der Waals surface area (Å²) in [5.41, 5.74) is 5.96. The number of aromatic nitrogens is 3.